The van der Waals surface area contributed by atoms with Crippen LogP contribution in [0.2, 0.25) is 0 Å². The number of ether oxygens (including phenoxy) is 1. The zero-order chi connectivity index (χ0) is 21.8. The third kappa shape index (κ3) is 4.13. The van der Waals surface area contributed by atoms with Gasteiger partial charge in [-0.15, -0.1) is 0 Å². The predicted octanol–water partition coefficient (Wildman–Crippen LogP) is 3.51. The summed E-state index contributed by atoms with van der Waals surface area (Å²) in [6, 6.07) is 13.0. The molecule has 8 heteroatoms. The molecule has 0 aliphatic carbocycles. The van der Waals surface area contributed by atoms with E-state index in [1.165, 1.54) is 0 Å². The Labute approximate surface area is 180 Å². The van der Waals surface area contributed by atoms with Crippen LogP contribution in [0.1, 0.15) is 22.5 Å². The van der Waals surface area contributed by atoms with Crippen LogP contribution in [0.3, 0.4) is 0 Å². The Morgan fingerprint density at radius 3 is 2.58 bits per heavy atom. The monoisotopic (exact) mass is 411 g/mol. The summed E-state index contributed by atoms with van der Waals surface area (Å²) in [5.74, 6) is 2.29. The Bertz CT molecular complexity index is 1240. The second kappa shape index (κ2) is 8.73. The smallest absolute Gasteiger partial charge is 0.171 e. The van der Waals surface area contributed by atoms with Gasteiger partial charge in [0.1, 0.15) is 11.4 Å². The number of nitrogens with two attached hydrogens (primary N) is 1. The molecule has 0 saturated heterocycles. The van der Waals surface area contributed by atoms with E-state index in [4.69, 9.17) is 10.5 Å². The molecule has 0 bridgehead atoms. The van der Waals surface area contributed by atoms with Crippen molar-refractivity contribution < 1.29 is 4.74 Å². The molecule has 0 saturated carbocycles. The first kappa shape index (κ1) is 20.2. The number of nitriles is 1. The largest absolute Gasteiger partial charge is 0.453 e. The van der Waals surface area contributed by atoms with E-state index >= 15 is 0 Å². The standard InChI is InChI=1S/C23H21N7O/c1-15-22(16(2)30(29-15)21-5-3-4-10-26-21)31-20-11-17(12-25)6-7-19(20)23-27-13-18(8-9-24)14-28-23/h3-7,10-11,13-14H,8-9,24H2,1-2H3. The van der Waals surface area contributed by atoms with Crippen molar-refractivity contribution in [2.75, 3.05) is 6.54 Å². The van der Waals surface area contributed by atoms with Crippen LogP contribution >= 0.6 is 0 Å². The van der Waals surface area contributed by atoms with Crippen LogP contribution in [0.4, 0.5) is 0 Å². The van der Waals surface area contributed by atoms with Gasteiger partial charge in [-0.3, -0.25) is 0 Å². The van der Waals surface area contributed by atoms with E-state index in [2.05, 4.69) is 26.1 Å². The summed E-state index contributed by atoms with van der Waals surface area (Å²) in [5, 5.41) is 13.9. The van der Waals surface area contributed by atoms with E-state index in [1.54, 1.807) is 41.5 Å². The molecule has 0 spiro atoms. The van der Waals surface area contributed by atoms with Crippen LogP contribution in [0.15, 0.2) is 55.0 Å². The van der Waals surface area contributed by atoms with E-state index in [0.717, 1.165) is 11.3 Å². The van der Waals surface area contributed by atoms with Crippen LogP contribution in [0, 0.1) is 25.2 Å². The molecular weight excluding hydrogens is 390 g/mol. The Balaban J connectivity index is 1.75. The zero-order valence-corrected chi connectivity index (χ0v) is 17.3. The van der Waals surface area contributed by atoms with Gasteiger partial charge in [-0.25, -0.2) is 19.6 Å². The van der Waals surface area contributed by atoms with E-state index < -0.39 is 0 Å². The molecule has 3 heterocycles. The van der Waals surface area contributed by atoms with Gasteiger partial charge in [0.05, 0.1) is 22.9 Å². The molecule has 154 valence electrons. The quantitative estimate of drug-likeness (QED) is 0.516. The first-order chi connectivity index (χ1) is 15.1. The van der Waals surface area contributed by atoms with Crippen LogP contribution in [-0.4, -0.2) is 31.3 Å². The van der Waals surface area contributed by atoms with Gasteiger partial charge in [0.15, 0.2) is 17.4 Å². The van der Waals surface area contributed by atoms with Crippen LogP contribution < -0.4 is 10.5 Å². The highest BCUT2D eigenvalue weighted by atomic mass is 16.5. The number of benzene rings is 1. The van der Waals surface area contributed by atoms with Crippen molar-refractivity contribution in [3.05, 3.63) is 77.5 Å². The molecule has 0 atom stereocenters. The second-order valence-electron chi connectivity index (χ2n) is 6.98. The lowest BCUT2D eigenvalue weighted by Gasteiger charge is -2.12. The highest BCUT2D eigenvalue weighted by Crippen LogP contribution is 2.35. The average Bonchev–Trinajstić information content (AvgIpc) is 3.09. The minimum absolute atomic E-state index is 0.478. The molecular formula is C23H21N7O. The van der Waals surface area contributed by atoms with Crippen LogP contribution in [-0.2, 0) is 6.42 Å². The molecule has 2 N–H and O–H groups in total. The lowest BCUT2D eigenvalue weighted by Crippen LogP contribution is -2.04. The molecule has 3 aromatic heterocycles. The molecule has 1 aromatic carbocycles. The summed E-state index contributed by atoms with van der Waals surface area (Å²) in [5.41, 5.74) is 9.23. The van der Waals surface area contributed by atoms with Gasteiger partial charge in [0.25, 0.3) is 0 Å². The maximum Gasteiger partial charge on any atom is 0.171 e. The third-order valence-electron chi connectivity index (χ3n) is 4.79. The molecule has 0 amide bonds. The minimum atomic E-state index is 0.478. The second-order valence-corrected chi connectivity index (χ2v) is 6.98. The Hall–Kier alpha value is -4.09. The van der Waals surface area contributed by atoms with E-state index in [-0.39, 0.29) is 0 Å². The molecule has 4 rings (SSSR count). The highest BCUT2D eigenvalue weighted by molar-refractivity contribution is 5.66. The summed E-state index contributed by atoms with van der Waals surface area (Å²) in [6.45, 7) is 4.32. The molecule has 0 aliphatic rings. The van der Waals surface area contributed by atoms with Crippen molar-refractivity contribution in [2.45, 2.75) is 20.3 Å². The van der Waals surface area contributed by atoms with Crippen molar-refractivity contribution in [3.8, 4) is 34.8 Å². The van der Waals surface area contributed by atoms with E-state index in [1.807, 2.05) is 32.0 Å². The van der Waals surface area contributed by atoms with Crippen molar-refractivity contribution in [2.24, 2.45) is 5.73 Å². The minimum Gasteiger partial charge on any atom is -0.453 e. The maximum absolute atomic E-state index is 9.37. The highest BCUT2D eigenvalue weighted by Gasteiger charge is 2.19. The molecule has 31 heavy (non-hydrogen) atoms. The summed E-state index contributed by atoms with van der Waals surface area (Å²) in [7, 11) is 0. The molecule has 8 nitrogen and oxygen atoms in total. The zero-order valence-electron chi connectivity index (χ0n) is 17.3. The summed E-state index contributed by atoms with van der Waals surface area (Å²) in [6.07, 6.45) is 5.94. The molecule has 0 radical (unpaired) electrons. The van der Waals surface area contributed by atoms with Gasteiger partial charge in [0, 0.05) is 18.6 Å². The van der Waals surface area contributed by atoms with Crippen molar-refractivity contribution in [1.29, 1.82) is 5.26 Å². The number of rotatable bonds is 6. The van der Waals surface area contributed by atoms with Gasteiger partial charge in [-0.1, -0.05) is 6.07 Å². The van der Waals surface area contributed by atoms with Crippen LogP contribution in [0.25, 0.3) is 17.2 Å². The first-order valence-electron chi connectivity index (χ1n) is 9.81. The summed E-state index contributed by atoms with van der Waals surface area (Å²) in [4.78, 5) is 13.3. The van der Waals surface area contributed by atoms with Gasteiger partial charge < -0.3 is 10.5 Å². The summed E-state index contributed by atoms with van der Waals surface area (Å²) < 4.78 is 8.02. The van der Waals surface area contributed by atoms with E-state index in [9.17, 15) is 5.26 Å². The molecule has 0 unspecified atom stereocenters. The molecule has 0 aliphatic heterocycles. The predicted molar refractivity (Wildman–Crippen MR) is 116 cm³/mol. The van der Waals surface area contributed by atoms with Gasteiger partial charge in [0.2, 0.25) is 0 Å². The average molecular weight is 411 g/mol. The molecule has 4 aromatic rings. The number of aryl methyl sites for hydroxylation is 1. The number of pyridine rings is 1. The Morgan fingerprint density at radius 1 is 1.10 bits per heavy atom. The van der Waals surface area contributed by atoms with Crippen molar-refractivity contribution in [1.82, 2.24) is 24.7 Å². The Morgan fingerprint density at radius 2 is 1.90 bits per heavy atom. The fraction of sp³-hybridized carbons (Fsp3) is 0.174. The van der Waals surface area contributed by atoms with Gasteiger partial charge in [-0.2, -0.15) is 10.4 Å². The lowest BCUT2D eigenvalue weighted by atomic mass is 10.1. The fourth-order valence-electron chi connectivity index (χ4n) is 3.24. The number of hydrogen-bond donors (Lipinski definition) is 1. The number of nitrogens with zero attached hydrogens (tertiary/aromatic N) is 6. The van der Waals surface area contributed by atoms with Gasteiger partial charge >= 0.3 is 0 Å². The number of hydrogen-bond acceptors (Lipinski definition) is 7. The van der Waals surface area contributed by atoms with Crippen LogP contribution in [0.5, 0.6) is 11.5 Å². The van der Waals surface area contributed by atoms with Crippen molar-refractivity contribution >= 4 is 0 Å². The molecule has 0 fully saturated rings. The number of aromatic nitrogens is 5. The van der Waals surface area contributed by atoms with Gasteiger partial charge in [-0.05, 0) is 62.7 Å². The normalized spacial score (nSPS) is 10.6. The van der Waals surface area contributed by atoms with Crippen molar-refractivity contribution in [3.63, 3.8) is 0 Å². The SMILES string of the molecule is Cc1nn(-c2ccccn2)c(C)c1Oc1cc(C#N)ccc1-c1ncc(CCN)cn1. The third-order valence-corrected chi connectivity index (χ3v) is 4.79. The fourth-order valence-corrected chi connectivity index (χ4v) is 3.24. The lowest BCUT2D eigenvalue weighted by molar-refractivity contribution is 0.476. The maximum atomic E-state index is 9.37. The summed E-state index contributed by atoms with van der Waals surface area (Å²) >= 11 is 0. The first-order valence-corrected chi connectivity index (χ1v) is 9.81. The van der Waals surface area contributed by atoms with E-state index in [0.29, 0.717) is 52.9 Å². The Kier molecular flexibility index (Phi) is 5.69. The topological polar surface area (TPSA) is 116 Å².